The maximum atomic E-state index is 3.14. The SMILES string of the molecule is CCCN(CCC)CCNI. The van der Waals surface area contributed by atoms with E-state index in [1.54, 1.807) is 0 Å². The average Bonchev–Trinajstić information content (AvgIpc) is 2.01. The zero-order chi connectivity index (χ0) is 8.53. The molecule has 0 spiro atoms. The van der Waals surface area contributed by atoms with Crippen molar-refractivity contribution in [3.63, 3.8) is 0 Å². The molecule has 3 heteroatoms. The molecule has 0 amide bonds. The molecule has 0 aliphatic carbocycles. The molecule has 11 heavy (non-hydrogen) atoms. The Kier molecular flexibility index (Phi) is 9.26. The molecule has 0 saturated heterocycles. The van der Waals surface area contributed by atoms with Crippen molar-refractivity contribution < 1.29 is 0 Å². The third kappa shape index (κ3) is 7.03. The average molecular weight is 270 g/mol. The lowest BCUT2D eigenvalue weighted by Gasteiger charge is -2.19. The Labute approximate surface area is 84.2 Å². The van der Waals surface area contributed by atoms with Crippen molar-refractivity contribution >= 4 is 22.9 Å². The predicted octanol–water partition coefficient (Wildman–Crippen LogP) is 2.05. The molecule has 0 aromatic heterocycles. The van der Waals surface area contributed by atoms with Gasteiger partial charge in [-0.25, -0.2) is 0 Å². The summed E-state index contributed by atoms with van der Waals surface area (Å²) in [6, 6.07) is 0. The molecule has 0 fully saturated rings. The second-order valence-electron chi connectivity index (χ2n) is 2.73. The Morgan fingerprint density at radius 2 is 1.64 bits per heavy atom. The lowest BCUT2D eigenvalue weighted by Crippen LogP contribution is -2.30. The van der Waals surface area contributed by atoms with Gasteiger partial charge in [0.25, 0.3) is 0 Å². The first-order valence-electron chi connectivity index (χ1n) is 4.41. The van der Waals surface area contributed by atoms with E-state index < -0.39 is 0 Å². The topological polar surface area (TPSA) is 15.3 Å². The summed E-state index contributed by atoms with van der Waals surface area (Å²) in [6.45, 7) is 9.24. The van der Waals surface area contributed by atoms with Crippen molar-refractivity contribution in [2.75, 3.05) is 26.2 Å². The van der Waals surface area contributed by atoms with Crippen LogP contribution in [0.3, 0.4) is 0 Å². The summed E-state index contributed by atoms with van der Waals surface area (Å²) in [5.41, 5.74) is 0. The number of nitrogens with zero attached hydrogens (tertiary/aromatic N) is 1. The van der Waals surface area contributed by atoms with Gasteiger partial charge in [0.1, 0.15) is 0 Å². The van der Waals surface area contributed by atoms with Gasteiger partial charge in [0.05, 0.1) is 0 Å². The molecular weight excluding hydrogens is 251 g/mol. The maximum Gasteiger partial charge on any atom is 0.0178 e. The zero-order valence-electron chi connectivity index (χ0n) is 7.57. The molecule has 0 aromatic carbocycles. The summed E-state index contributed by atoms with van der Waals surface area (Å²) in [4.78, 5) is 2.51. The van der Waals surface area contributed by atoms with E-state index in [2.05, 4.69) is 45.1 Å². The van der Waals surface area contributed by atoms with Crippen molar-refractivity contribution in [3.05, 3.63) is 0 Å². The van der Waals surface area contributed by atoms with Gasteiger partial charge in [-0.2, -0.15) is 0 Å². The molecule has 0 atom stereocenters. The van der Waals surface area contributed by atoms with Crippen molar-refractivity contribution in [1.29, 1.82) is 0 Å². The Balaban J connectivity index is 3.34. The maximum absolute atomic E-state index is 3.14. The molecule has 0 heterocycles. The van der Waals surface area contributed by atoms with Gasteiger partial charge in [0.2, 0.25) is 0 Å². The van der Waals surface area contributed by atoms with Gasteiger partial charge in [-0.05, 0) is 25.9 Å². The number of hydrogen-bond donors (Lipinski definition) is 1. The van der Waals surface area contributed by atoms with E-state index in [9.17, 15) is 0 Å². The van der Waals surface area contributed by atoms with E-state index in [0.717, 1.165) is 6.54 Å². The number of hydrogen-bond acceptors (Lipinski definition) is 2. The molecule has 0 aliphatic rings. The number of nitrogens with one attached hydrogen (secondary N) is 1. The molecule has 0 unspecified atom stereocenters. The minimum absolute atomic E-state index is 1.10. The van der Waals surface area contributed by atoms with Crippen LogP contribution in [0.25, 0.3) is 0 Å². The molecule has 0 saturated carbocycles. The van der Waals surface area contributed by atoms with Gasteiger partial charge in [-0.15, -0.1) is 0 Å². The van der Waals surface area contributed by atoms with Crippen LogP contribution in [0, 0.1) is 0 Å². The predicted molar refractivity (Wildman–Crippen MR) is 59.0 cm³/mol. The van der Waals surface area contributed by atoms with Crippen molar-refractivity contribution in [1.82, 2.24) is 8.43 Å². The minimum Gasteiger partial charge on any atom is -0.302 e. The summed E-state index contributed by atoms with van der Waals surface area (Å²) in [5.74, 6) is 0. The molecule has 0 radical (unpaired) electrons. The molecule has 0 rings (SSSR count). The Morgan fingerprint density at radius 1 is 1.09 bits per heavy atom. The molecule has 0 bridgehead atoms. The van der Waals surface area contributed by atoms with E-state index in [1.807, 2.05) is 0 Å². The van der Waals surface area contributed by atoms with Gasteiger partial charge in [-0.1, -0.05) is 13.8 Å². The monoisotopic (exact) mass is 270 g/mol. The van der Waals surface area contributed by atoms with E-state index in [1.165, 1.54) is 32.5 Å². The van der Waals surface area contributed by atoms with E-state index in [4.69, 9.17) is 0 Å². The minimum atomic E-state index is 1.10. The fourth-order valence-electron chi connectivity index (χ4n) is 1.17. The Morgan fingerprint density at radius 3 is 2.00 bits per heavy atom. The summed E-state index contributed by atoms with van der Waals surface area (Å²) >= 11 is 2.20. The molecule has 1 N–H and O–H groups in total. The smallest absolute Gasteiger partial charge is 0.0178 e. The van der Waals surface area contributed by atoms with Gasteiger partial charge in [0.15, 0.2) is 0 Å². The fourth-order valence-corrected chi connectivity index (χ4v) is 1.41. The first-order valence-corrected chi connectivity index (χ1v) is 5.48. The van der Waals surface area contributed by atoms with Crippen molar-refractivity contribution in [2.24, 2.45) is 0 Å². The lowest BCUT2D eigenvalue weighted by molar-refractivity contribution is 0.281. The molecule has 0 aliphatic heterocycles. The molecule has 2 nitrogen and oxygen atoms in total. The van der Waals surface area contributed by atoms with E-state index in [-0.39, 0.29) is 0 Å². The number of halogens is 1. The molecular formula is C8H19IN2. The van der Waals surface area contributed by atoms with E-state index >= 15 is 0 Å². The third-order valence-electron chi connectivity index (χ3n) is 1.60. The quantitative estimate of drug-likeness (QED) is 0.562. The fraction of sp³-hybridized carbons (Fsp3) is 1.00. The van der Waals surface area contributed by atoms with Crippen LogP contribution in [0.2, 0.25) is 0 Å². The van der Waals surface area contributed by atoms with Crippen LogP contribution in [0.15, 0.2) is 0 Å². The summed E-state index contributed by atoms with van der Waals surface area (Å²) in [6.07, 6.45) is 2.53. The highest BCUT2D eigenvalue weighted by Gasteiger charge is 1.99. The highest BCUT2D eigenvalue weighted by Crippen LogP contribution is 1.92. The van der Waals surface area contributed by atoms with Crippen LogP contribution in [-0.2, 0) is 0 Å². The highest BCUT2D eigenvalue weighted by molar-refractivity contribution is 14.1. The third-order valence-corrected chi connectivity index (χ3v) is 2.14. The lowest BCUT2D eigenvalue weighted by atomic mass is 10.3. The summed E-state index contributed by atoms with van der Waals surface area (Å²) < 4.78 is 3.14. The van der Waals surface area contributed by atoms with Crippen molar-refractivity contribution in [2.45, 2.75) is 26.7 Å². The summed E-state index contributed by atoms with van der Waals surface area (Å²) in [5, 5.41) is 0. The Hall–Kier alpha value is 0.650. The molecule has 0 aromatic rings. The zero-order valence-corrected chi connectivity index (χ0v) is 9.73. The van der Waals surface area contributed by atoms with Crippen molar-refractivity contribution in [3.8, 4) is 0 Å². The second kappa shape index (κ2) is 8.74. The van der Waals surface area contributed by atoms with Crippen LogP contribution in [-0.4, -0.2) is 31.1 Å². The highest BCUT2D eigenvalue weighted by atomic mass is 127. The summed E-state index contributed by atoms with van der Waals surface area (Å²) in [7, 11) is 0. The molecule has 68 valence electrons. The van der Waals surface area contributed by atoms with Crippen LogP contribution in [0.1, 0.15) is 26.7 Å². The van der Waals surface area contributed by atoms with Gasteiger partial charge >= 0.3 is 0 Å². The van der Waals surface area contributed by atoms with Crippen LogP contribution in [0.5, 0.6) is 0 Å². The number of rotatable bonds is 7. The van der Waals surface area contributed by atoms with Gasteiger partial charge < -0.3 is 4.90 Å². The van der Waals surface area contributed by atoms with Crippen LogP contribution >= 0.6 is 22.9 Å². The van der Waals surface area contributed by atoms with Gasteiger partial charge in [0, 0.05) is 36.0 Å². The first kappa shape index (κ1) is 11.6. The van der Waals surface area contributed by atoms with Crippen LogP contribution < -0.4 is 3.53 Å². The van der Waals surface area contributed by atoms with Crippen LogP contribution in [0.4, 0.5) is 0 Å². The largest absolute Gasteiger partial charge is 0.302 e. The standard InChI is InChI=1S/C8H19IN2/c1-3-6-11(7-4-2)8-5-10-9/h10H,3-8H2,1-2H3. The van der Waals surface area contributed by atoms with Gasteiger partial charge in [-0.3, -0.25) is 3.53 Å². The Bertz CT molecular complexity index is 72.5. The van der Waals surface area contributed by atoms with E-state index in [0.29, 0.717) is 0 Å². The normalized spacial score (nSPS) is 10.9. The first-order chi connectivity index (χ1) is 5.35. The second-order valence-corrected chi connectivity index (χ2v) is 3.49.